The standard InChI is InChI=1S/C14H20N4O4S2/c1-9-4-3-5-18(9)14(20)11-8-23-13(16-11)12(19)15-10-6-17(7-10)24(2,21)22/h8-10H,3-7H2,1-2H3,(H,15,19)/t9-/m0/s1. The van der Waals surface area contributed by atoms with Crippen LogP contribution in [0.15, 0.2) is 5.38 Å². The maximum absolute atomic E-state index is 12.4. The third kappa shape index (κ3) is 3.45. The lowest BCUT2D eigenvalue weighted by Crippen LogP contribution is -2.60. The zero-order chi connectivity index (χ0) is 17.5. The van der Waals surface area contributed by atoms with E-state index < -0.39 is 10.0 Å². The van der Waals surface area contributed by atoms with Gasteiger partial charge in [0, 0.05) is 31.1 Å². The number of nitrogens with zero attached hydrogens (tertiary/aromatic N) is 3. The van der Waals surface area contributed by atoms with Gasteiger partial charge >= 0.3 is 0 Å². The predicted molar refractivity (Wildman–Crippen MR) is 89.5 cm³/mol. The molecule has 1 aromatic heterocycles. The zero-order valence-corrected chi connectivity index (χ0v) is 15.2. The molecule has 0 unspecified atom stereocenters. The van der Waals surface area contributed by atoms with E-state index in [1.807, 2.05) is 6.92 Å². The number of nitrogens with one attached hydrogen (secondary N) is 1. The summed E-state index contributed by atoms with van der Waals surface area (Å²) >= 11 is 1.13. The second-order valence-electron chi connectivity index (χ2n) is 6.28. The SMILES string of the molecule is C[C@H]1CCCN1C(=O)c1csc(C(=O)NC2CN(S(C)(=O)=O)C2)n1. The minimum atomic E-state index is -3.20. The first-order valence-corrected chi connectivity index (χ1v) is 10.5. The molecule has 132 valence electrons. The van der Waals surface area contributed by atoms with Crippen molar-refractivity contribution in [3.63, 3.8) is 0 Å². The van der Waals surface area contributed by atoms with Crippen LogP contribution in [0.2, 0.25) is 0 Å². The highest BCUT2D eigenvalue weighted by Crippen LogP contribution is 2.21. The van der Waals surface area contributed by atoms with Crippen molar-refractivity contribution in [1.29, 1.82) is 0 Å². The Labute approximate surface area is 144 Å². The van der Waals surface area contributed by atoms with Crippen molar-refractivity contribution < 1.29 is 18.0 Å². The fourth-order valence-electron chi connectivity index (χ4n) is 2.91. The monoisotopic (exact) mass is 372 g/mol. The third-order valence-corrected chi connectivity index (χ3v) is 6.46. The molecule has 2 saturated heterocycles. The van der Waals surface area contributed by atoms with Gasteiger partial charge in [-0.1, -0.05) is 0 Å². The molecule has 0 radical (unpaired) electrons. The highest BCUT2D eigenvalue weighted by molar-refractivity contribution is 7.88. The minimum Gasteiger partial charge on any atom is -0.345 e. The molecule has 1 atom stereocenters. The number of carbonyl (C=O) groups is 2. The van der Waals surface area contributed by atoms with Crippen LogP contribution in [0.3, 0.4) is 0 Å². The first kappa shape index (κ1) is 17.3. The summed E-state index contributed by atoms with van der Waals surface area (Å²) in [6.07, 6.45) is 3.12. The lowest BCUT2D eigenvalue weighted by molar-refractivity contribution is 0.0742. The molecule has 0 saturated carbocycles. The van der Waals surface area contributed by atoms with Crippen LogP contribution in [-0.2, 0) is 10.0 Å². The quantitative estimate of drug-likeness (QED) is 0.810. The maximum Gasteiger partial charge on any atom is 0.280 e. The number of aromatic nitrogens is 1. The zero-order valence-electron chi connectivity index (χ0n) is 13.6. The highest BCUT2D eigenvalue weighted by Gasteiger charge is 2.35. The van der Waals surface area contributed by atoms with E-state index >= 15 is 0 Å². The van der Waals surface area contributed by atoms with Gasteiger partial charge < -0.3 is 10.2 Å². The number of rotatable bonds is 4. The largest absolute Gasteiger partial charge is 0.345 e. The summed E-state index contributed by atoms with van der Waals surface area (Å²) in [7, 11) is -3.20. The molecule has 2 fully saturated rings. The number of likely N-dealkylation sites (tertiary alicyclic amines) is 1. The summed E-state index contributed by atoms with van der Waals surface area (Å²) < 4.78 is 23.9. The maximum atomic E-state index is 12.4. The number of amides is 2. The van der Waals surface area contributed by atoms with E-state index in [-0.39, 0.29) is 42.0 Å². The van der Waals surface area contributed by atoms with Crippen LogP contribution in [-0.4, -0.2) is 72.4 Å². The molecular formula is C14H20N4O4S2. The van der Waals surface area contributed by atoms with Crippen molar-refractivity contribution in [3.05, 3.63) is 16.1 Å². The first-order valence-electron chi connectivity index (χ1n) is 7.78. The number of thiazole rings is 1. The summed E-state index contributed by atoms with van der Waals surface area (Å²) in [4.78, 5) is 30.5. The fourth-order valence-corrected chi connectivity index (χ4v) is 4.50. The van der Waals surface area contributed by atoms with Crippen molar-refractivity contribution >= 4 is 33.2 Å². The molecule has 0 aromatic carbocycles. The molecule has 0 aliphatic carbocycles. The molecule has 1 aromatic rings. The van der Waals surface area contributed by atoms with E-state index in [4.69, 9.17) is 0 Å². The van der Waals surface area contributed by atoms with E-state index in [9.17, 15) is 18.0 Å². The van der Waals surface area contributed by atoms with E-state index in [1.54, 1.807) is 10.3 Å². The van der Waals surface area contributed by atoms with Crippen LogP contribution in [0.1, 0.15) is 40.1 Å². The Bertz CT molecular complexity index is 755. The molecule has 24 heavy (non-hydrogen) atoms. The smallest absolute Gasteiger partial charge is 0.280 e. The van der Waals surface area contributed by atoms with Crippen molar-refractivity contribution in [3.8, 4) is 0 Å². The van der Waals surface area contributed by atoms with Gasteiger partial charge in [-0.15, -0.1) is 11.3 Å². The molecule has 0 bridgehead atoms. The van der Waals surface area contributed by atoms with Crippen LogP contribution in [0.5, 0.6) is 0 Å². The van der Waals surface area contributed by atoms with Gasteiger partial charge in [-0.05, 0) is 19.8 Å². The predicted octanol–water partition coefficient (Wildman–Crippen LogP) is 0.141. The number of hydrogen-bond acceptors (Lipinski definition) is 6. The van der Waals surface area contributed by atoms with Crippen LogP contribution in [0, 0.1) is 0 Å². The van der Waals surface area contributed by atoms with Crippen LogP contribution >= 0.6 is 11.3 Å². The van der Waals surface area contributed by atoms with Gasteiger partial charge in [-0.2, -0.15) is 4.31 Å². The first-order chi connectivity index (χ1) is 11.3. The Morgan fingerprint density at radius 3 is 2.67 bits per heavy atom. The van der Waals surface area contributed by atoms with Gasteiger partial charge in [0.2, 0.25) is 10.0 Å². The van der Waals surface area contributed by atoms with E-state index in [0.717, 1.165) is 37.0 Å². The van der Waals surface area contributed by atoms with Gasteiger partial charge in [0.1, 0.15) is 5.69 Å². The summed E-state index contributed by atoms with van der Waals surface area (Å²) in [6.45, 7) is 3.28. The Morgan fingerprint density at radius 2 is 2.08 bits per heavy atom. The molecule has 3 rings (SSSR count). The third-order valence-electron chi connectivity index (χ3n) is 4.38. The van der Waals surface area contributed by atoms with Crippen LogP contribution < -0.4 is 5.32 Å². The van der Waals surface area contributed by atoms with Gasteiger partial charge in [0.05, 0.1) is 12.3 Å². The van der Waals surface area contributed by atoms with E-state index in [1.165, 1.54) is 4.31 Å². The molecule has 2 amide bonds. The Morgan fingerprint density at radius 1 is 1.38 bits per heavy atom. The van der Waals surface area contributed by atoms with Gasteiger partial charge in [0.15, 0.2) is 5.01 Å². The molecule has 10 heteroatoms. The normalized spacial score (nSPS) is 22.4. The van der Waals surface area contributed by atoms with Gasteiger partial charge in [-0.25, -0.2) is 13.4 Å². The summed E-state index contributed by atoms with van der Waals surface area (Å²) in [6, 6.07) is -0.0118. The summed E-state index contributed by atoms with van der Waals surface area (Å²) in [5, 5.41) is 4.57. The fraction of sp³-hybridized carbons (Fsp3) is 0.643. The van der Waals surface area contributed by atoms with E-state index in [2.05, 4.69) is 10.3 Å². The average Bonchev–Trinajstić information content (AvgIpc) is 3.08. The van der Waals surface area contributed by atoms with Crippen molar-refractivity contribution in [2.75, 3.05) is 25.9 Å². The second-order valence-corrected chi connectivity index (χ2v) is 9.12. The van der Waals surface area contributed by atoms with Crippen molar-refractivity contribution in [2.45, 2.75) is 31.8 Å². The minimum absolute atomic E-state index is 0.137. The average molecular weight is 372 g/mol. The summed E-state index contributed by atoms with van der Waals surface area (Å²) in [5.74, 6) is -0.506. The Balaban J connectivity index is 1.58. The topological polar surface area (TPSA) is 99.7 Å². The molecule has 2 aliphatic rings. The van der Waals surface area contributed by atoms with Gasteiger partial charge in [-0.3, -0.25) is 9.59 Å². The highest BCUT2D eigenvalue weighted by atomic mass is 32.2. The lowest BCUT2D eigenvalue weighted by atomic mass is 10.2. The second kappa shape index (κ2) is 6.41. The van der Waals surface area contributed by atoms with Crippen molar-refractivity contribution in [1.82, 2.24) is 19.5 Å². The van der Waals surface area contributed by atoms with Crippen molar-refractivity contribution in [2.24, 2.45) is 0 Å². The number of hydrogen-bond donors (Lipinski definition) is 1. The summed E-state index contributed by atoms with van der Waals surface area (Å²) in [5.41, 5.74) is 0.297. The Hall–Kier alpha value is -1.52. The number of carbonyl (C=O) groups excluding carboxylic acids is 2. The van der Waals surface area contributed by atoms with Crippen LogP contribution in [0.4, 0.5) is 0 Å². The molecule has 2 aliphatic heterocycles. The molecular weight excluding hydrogens is 352 g/mol. The number of sulfonamides is 1. The molecule has 3 heterocycles. The molecule has 8 nitrogen and oxygen atoms in total. The van der Waals surface area contributed by atoms with E-state index in [0.29, 0.717) is 5.69 Å². The van der Waals surface area contributed by atoms with Crippen LogP contribution in [0.25, 0.3) is 0 Å². The molecule has 0 spiro atoms. The lowest BCUT2D eigenvalue weighted by Gasteiger charge is -2.37. The van der Waals surface area contributed by atoms with Gasteiger partial charge in [0.25, 0.3) is 11.8 Å². The Kier molecular flexibility index (Phi) is 4.63. The molecule has 1 N–H and O–H groups in total.